The number of nitrogens with zero attached hydrogens (tertiary/aromatic N) is 2. The van der Waals surface area contributed by atoms with E-state index < -0.39 is 11.7 Å². The summed E-state index contributed by atoms with van der Waals surface area (Å²) in [6.45, 7) is -0.306. The fourth-order valence-electron chi connectivity index (χ4n) is 1.23. The van der Waals surface area contributed by atoms with Crippen molar-refractivity contribution < 1.29 is 13.9 Å². The van der Waals surface area contributed by atoms with Gasteiger partial charge in [-0.15, -0.1) is 0 Å². The second kappa shape index (κ2) is 5.72. The van der Waals surface area contributed by atoms with Gasteiger partial charge in [-0.25, -0.2) is 14.4 Å². The molecule has 92 valence electrons. The van der Waals surface area contributed by atoms with E-state index in [1.54, 1.807) is 18.2 Å². The predicted molar refractivity (Wildman–Crippen MR) is 62.6 cm³/mol. The Balaban J connectivity index is 1.88. The van der Waals surface area contributed by atoms with Gasteiger partial charge in [-0.05, 0) is 18.2 Å². The quantitative estimate of drug-likeness (QED) is 0.891. The molecule has 0 radical (unpaired) electrons. The van der Waals surface area contributed by atoms with Crippen LogP contribution in [0.15, 0.2) is 42.7 Å². The molecule has 0 unspecified atom stereocenters. The lowest BCUT2D eigenvalue weighted by molar-refractivity contribution is -0.118. The average molecular weight is 247 g/mol. The number of ether oxygens (including phenoxy) is 1. The van der Waals surface area contributed by atoms with Crippen molar-refractivity contribution in [2.45, 2.75) is 0 Å². The summed E-state index contributed by atoms with van der Waals surface area (Å²) in [5.74, 6) is -0.757. The van der Waals surface area contributed by atoms with Crippen LogP contribution in [0.1, 0.15) is 0 Å². The van der Waals surface area contributed by atoms with Crippen LogP contribution < -0.4 is 10.1 Å². The highest BCUT2D eigenvalue weighted by atomic mass is 19.1. The molecule has 0 aliphatic rings. The van der Waals surface area contributed by atoms with Crippen molar-refractivity contribution in [2.24, 2.45) is 0 Å². The zero-order chi connectivity index (χ0) is 12.8. The molecule has 1 amide bonds. The number of rotatable bonds is 4. The third-order valence-corrected chi connectivity index (χ3v) is 2.01. The van der Waals surface area contributed by atoms with E-state index in [1.165, 1.54) is 24.5 Å². The number of hydrogen-bond donors (Lipinski definition) is 1. The molecule has 0 bridgehead atoms. The van der Waals surface area contributed by atoms with E-state index in [9.17, 15) is 9.18 Å². The highest BCUT2D eigenvalue weighted by Gasteiger charge is 2.07. The maximum absolute atomic E-state index is 13.2. The van der Waals surface area contributed by atoms with Gasteiger partial charge in [0.05, 0.1) is 0 Å². The van der Waals surface area contributed by atoms with Crippen LogP contribution in [0.4, 0.5) is 10.3 Å². The minimum atomic E-state index is -0.513. The Bertz CT molecular complexity index is 534. The van der Waals surface area contributed by atoms with Gasteiger partial charge in [0.25, 0.3) is 5.91 Å². The molecule has 0 aliphatic carbocycles. The number of hydrogen-bond acceptors (Lipinski definition) is 4. The number of carbonyl (C=O) groups excluding carboxylic acids is 1. The third kappa shape index (κ3) is 3.24. The standard InChI is InChI=1S/C12H10FN3O2/c13-9-4-1-2-5-10(9)18-8-11(17)16-12-14-6-3-7-15-12/h1-7H,8H2,(H,14,15,16,17). The van der Waals surface area contributed by atoms with Gasteiger partial charge >= 0.3 is 0 Å². The van der Waals surface area contributed by atoms with Gasteiger partial charge in [-0.2, -0.15) is 0 Å². The summed E-state index contributed by atoms with van der Waals surface area (Å²) in [7, 11) is 0. The average Bonchev–Trinajstić information content (AvgIpc) is 2.39. The molecular formula is C12H10FN3O2. The van der Waals surface area contributed by atoms with Crippen LogP contribution >= 0.6 is 0 Å². The first-order valence-corrected chi connectivity index (χ1v) is 5.20. The molecule has 1 N–H and O–H groups in total. The molecule has 2 rings (SSSR count). The molecule has 6 heteroatoms. The van der Waals surface area contributed by atoms with Crippen LogP contribution in [0.2, 0.25) is 0 Å². The van der Waals surface area contributed by atoms with E-state index >= 15 is 0 Å². The van der Waals surface area contributed by atoms with Gasteiger partial charge in [0.2, 0.25) is 5.95 Å². The molecule has 2 aromatic rings. The van der Waals surface area contributed by atoms with Crippen molar-refractivity contribution in [2.75, 3.05) is 11.9 Å². The van der Waals surface area contributed by atoms with Crippen LogP contribution in [0.5, 0.6) is 5.75 Å². The molecule has 0 saturated carbocycles. The molecule has 0 spiro atoms. The maximum atomic E-state index is 13.2. The summed E-state index contributed by atoms with van der Waals surface area (Å²) < 4.78 is 18.2. The van der Waals surface area contributed by atoms with E-state index in [0.717, 1.165) is 0 Å². The smallest absolute Gasteiger partial charge is 0.264 e. The number of nitrogens with one attached hydrogen (secondary N) is 1. The SMILES string of the molecule is O=C(COc1ccccc1F)Nc1ncccn1. The molecule has 0 saturated heterocycles. The predicted octanol–water partition coefficient (Wildman–Crippen LogP) is 1.63. The fraction of sp³-hybridized carbons (Fsp3) is 0.0833. The van der Waals surface area contributed by atoms with Crippen molar-refractivity contribution in [1.82, 2.24) is 9.97 Å². The first kappa shape index (κ1) is 12.0. The maximum Gasteiger partial charge on any atom is 0.264 e. The van der Waals surface area contributed by atoms with E-state index in [-0.39, 0.29) is 18.3 Å². The second-order valence-corrected chi connectivity index (χ2v) is 3.34. The normalized spacial score (nSPS) is 9.83. The number of anilines is 1. The van der Waals surface area contributed by atoms with Crippen LogP contribution in [0.25, 0.3) is 0 Å². The summed E-state index contributed by atoms with van der Waals surface area (Å²) in [6, 6.07) is 7.50. The van der Waals surface area contributed by atoms with Crippen LogP contribution in [-0.2, 0) is 4.79 Å². The van der Waals surface area contributed by atoms with E-state index in [2.05, 4.69) is 15.3 Å². The summed E-state index contributed by atoms with van der Waals surface area (Å²) in [4.78, 5) is 19.1. The lowest BCUT2D eigenvalue weighted by Gasteiger charge is -2.06. The van der Waals surface area contributed by atoms with Crippen molar-refractivity contribution in [3.63, 3.8) is 0 Å². The Morgan fingerprint density at radius 1 is 1.22 bits per heavy atom. The van der Waals surface area contributed by atoms with E-state index in [0.29, 0.717) is 0 Å². The minimum absolute atomic E-state index is 0.0293. The topological polar surface area (TPSA) is 64.1 Å². The van der Waals surface area contributed by atoms with Crippen molar-refractivity contribution >= 4 is 11.9 Å². The molecule has 0 fully saturated rings. The van der Waals surface area contributed by atoms with E-state index in [4.69, 9.17) is 4.74 Å². The number of amides is 1. The first-order valence-electron chi connectivity index (χ1n) is 5.20. The molecule has 0 aliphatic heterocycles. The van der Waals surface area contributed by atoms with Gasteiger partial charge in [-0.1, -0.05) is 12.1 Å². The third-order valence-electron chi connectivity index (χ3n) is 2.01. The Kier molecular flexibility index (Phi) is 3.80. The summed E-state index contributed by atoms with van der Waals surface area (Å²) in [6.07, 6.45) is 3.00. The van der Waals surface area contributed by atoms with Crippen LogP contribution in [-0.4, -0.2) is 22.5 Å². The lowest BCUT2D eigenvalue weighted by atomic mass is 10.3. The highest BCUT2D eigenvalue weighted by molar-refractivity contribution is 5.90. The van der Waals surface area contributed by atoms with Crippen molar-refractivity contribution in [3.05, 3.63) is 48.5 Å². The molecule has 0 atom stereocenters. The highest BCUT2D eigenvalue weighted by Crippen LogP contribution is 2.14. The lowest BCUT2D eigenvalue weighted by Crippen LogP contribution is -2.21. The minimum Gasteiger partial charge on any atom is -0.481 e. The summed E-state index contributed by atoms with van der Waals surface area (Å²) >= 11 is 0. The molecule has 1 aromatic heterocycles. The Morgan fingerprint density at radius 2 is 1.94 bits per heavy atom. The Labute approximate surface area is 103 Å². The number of carbonyl (C=O) groups is 1. The monoisotopic (exact) mass is 247 g/mol. The molecule has 5 nitrogen and oxygen atoms in total. The van der Waals surface area contributed by atoms with Crippen LogP contribution in [0.3, 0.4) is 0 Å². The van der Waals surface area contributed by atoms with Gasteiger partial charge in [0, 0.05) is 12.4 Å². The molecular weight excluding hydrogens is 237 g/mol. The molecule has 1 aromatic carbocycles. The zero-order valence-corrected chi connectivity index (χ0v) is 9.34. The van der Waals surface area contributed by atoms with Gasteiger partial charge in [-0.3, -0.25) is 10.1 Å². The zero-order valence-electron chi connectivity index (χ0n) is 9.34. The van der Waals surface area contributed by atoms with Gasteiger partial charge in [0.1, 0.15) is 0 Å². The summed E-state index contributed by atoms with van der Waals surface area (Å²) in [5, 5.41) is 2.42. The van der Waals surface area contributed by atoms with Gasteiger partial charge < -0.3 is 4.74 Å². The number of para-hydroxylation sites is 1. The Hall–Kier alpha value is -2.50. The van der Waals surface area contributed by atoms with E-state index in [1.807, 2.05) is 0 Å². The van der Waals surface area contributed by atoms with Crippen molar-refractivity contribution in [1.29, 1.82) is 0 Å². The summed E-state index contributed by atoms with van der Waals surface area (Å²) in [5.41, 5.74) is 0. The first-order chi connectivity index (χ1) is 8.75. The Morgan fingerprint density at radius 3 is 2.67 bits per heavy atom. The second-order valence-electron chi connectivity index (χ2n) is 3.34. The van der Waals surface area contributed by atoms with Crippen molar-refractivity contribution in [3.8, 4) is 5.75 Å². The van der Waals surface area contributed by atoms with Gasteiger partial charge in [0.15, 0.2) is 18.2 Å². The van der Waals surface area contributed by atoms with Crippen LogP contribution in [0, 0.1) is 5.82 Å². The number of halogens is 1. The fourth-order valence-corrected chi connectivity index (χ4v) is 1.23. The largest absolute Gasteiger partial charge is 0.481 e. The molecule has 1 heterocycles. The number of benzene rings is 1. The number of aromatic nitrogens is 2. The molecule has 18 heavy (non-hydrogen) atoms.